The van der Waals surface area contributed by atoms with Gasteiger partial charge in [-0.2, -0.15) is 0 Å². The van der Waals surface area contributed by atoms with Crippen LogP contribution in [0.3, 0.4) is 0 Å². The summed E-state index contributed by atoms with van der Waals surface area (Å²) in [4.78, 5) is 26.3. The Bertz CT molecular complexity index is 822. The SMILES string of the molecule is CCC(=O)Nc1ccc(O)c(C(=O)N2C[C@H](C)O[C@@H](c3ccccc3)C2)c1. The van der Waals surface area contributed by atoms with Crippen molar-refractivity contribution in [1.29, 1.82) is 0 Å². The Kier molecular flexibility index (Phi) is 5.76. The van der Waals surface area contributed by atoms with E-state index in [1.165, 1.54) is 12.1 Å². The zero-order chi connectivity index (χ0) is 19.4. The molecule has 0 saturated carbocycles. The Labute approximate surface area is 158 Å². The molecule has 0 aliphatic carbocycles. The molecule has 0 aromatic heterocycles. The van der Waals surface area contributed by atoms with Crippen LogP contribution in [-0.2, 0) is 9.53 Å². The number of amides is 2. The van der Waals surface area contributed by atoms with Gasteiger partial charge >= 0.3 is 0 Å². The van der Waals surface area contributed by atoms with Crippen LogP contribution in [0.4, 0.5) is 5.69 Å². The van der Waals surface area contributed by atoms with Crippen LogP contribution in [0.15, 0.2) is 48.5 Å². The van der Waals surface area contributed by atoms with E-state index in [1.807, 2.05) is 37.3 Å². The molecular formula is C21H24N2O4. The third-order valence-electron chi connectivity index (χ3n) is 4.55. The van der Waals surface area contributed by atoms with E-state index >= 15 is 0 Å². The van der Waals surface area contributed by atoms with Gasteiger partial charge in [0.1, 0.15) is 11.9 Å². The van der Waals surface area contributed by atoms with Crippen molar-refractivity contribution in [3.05, 3.63) is 59.7 Å². The van der Waals surface area contributed by atoms with E-state index in [4.69, 9.17) is 4.74 Å². The van der Waals surface area contributed by atoms with E-state index in [0.717, 1.165) is 5.56 Å². The smallest absolute Gasteiger partial charge is 0.257 e. The van der Waals surface area contributed by atoms with Crippen LogP contribution >= 0.6 is 0 Å². The third-order valence-corrected chi connectivity index (χ3v) is 4.55. The molecule has 0 radical (unpaired) electrons. The van der Waals surface area contributed by atoms with Gasteiger partial charge in [0.2, 0.25) is 5.91 Å². The van der Waals surface area contributed by atoms with Gasteiger partial charge in [-0.25, -0.2) is 0 Å². The Morgan fingerprint density at radius 1 is 1.19 bits per heavy atom. The minimum atomic E-state index is -0.281. The van der Waals surface area contributed by atoms with Crippen LogP contribution in [0.1, 0.15) is 42.3 Å². The second kappa shape index (κ2) is 8.22. The van der Waals surface area contributed by atoms with Gasteiger partial charge in [0, 0.05) is 18.7 Å². The Balaban J connectivity index is 1.82. The molecule has 2 aromatic carbocycles. The molecule has 0 spiro atoms. The molecule has 1 fully saturated rings. The lowest BCUT2D eigenvalue weighted by Gasteiger charge is -2.37. The third kappa shape index (κ3) is 4.46. The summed E-state index contributed by atoms with van der Waals surface area (Å²) in [5, 5.41) is 12.9. The number of ether oxygens (including phenoxy) is 1. The van der Waals surface area contributed by atoms with Crippen molar-refractivity contribution in [2.24, 2.45) is 0 Å². The highest BCUT2D eigenvalue weighted by molar-refractivity contribution is 5.99. The molecule has 6 nitrogen and oxygen atoms in total. The Morgan fingerprint density at radius 3 is 2.63 bits per heavy atom. The normalized spacial score (nSPS) is 19.6. The second-order valence-corrected chi connectivity index (χ2v) is 6.69. The van der Waals surface area contributed by atoms with Crippen LogP contribution in [0.5, 0.6) is 5.75 Å². The summed E-state index contributed by atoms with van der Waals surface area (Å²) < 4.78 is 6.00. The lowest BCUT2D eigenvalue weighted by molar-refractivity contribution is -0.115. The van der Waals surface area contributed by atoms with Crippen LogP contribution in [-0.4, -0.2) is 41.0 Å². The molecule has 1 heterocycles. The number of anilines is 1. The minimum absolute atomic E-state index is 0.107. The molecule has 27 heavy (non-hydrogen) atoms. The largest absolute Gasteiger partial charge is 0.507 e. The van der Waals surface area contributed by atoms with Gasteiger partial charge in [-0.15, -0.1) is 0 Å². The number of carbonyl (C=O) groups excluding carboxylic acids is 2. The Hall–Kier alpha value is -2.86. The number of benzene rings is 2. The first-order valence-electron chi connectivity index (χ1n) is 9.10. The predicted octanol–water partition coefficient (Wildman–Crippen LogP) is 3.34. The molecule has 2 aromatic rings. The van der Waals surface area contributed by atoms with Crippen molar-refractivity contribution in [2.75, 3.05) is 18.4 Å². The maximum absolute atomic E-state index is 13.0. The van der Waals surface area contributed by atoms with Crippen molar-refractivity contribution in [2.45, 2.75) is 32.5 Å². The van der Waals surface area contributed by atoms with E-state index in [2.05, 4.69) is 5.32 Å². The number of nitrogens with zero attached hydrogens (tertiary/aromatic N) is 1. The number of hydrogen-bond donors (Lipinski definition) is 2. The number of hydrogen-bond acceptors (Lipinski definition) is 4. The summed E-state index contributed by atoms with van der Waals surface area (Å²) in [7, 11) is 0. The fourth-order valence-electron chi connectivity index (χ4n) is 3.17. The molecule has 1 aliphatic heterocycles. The maximum atomic E-state index is 13.0. The summed E-state index contributed by atoms with van der Waals surface area (Å²) in [6.45, 7) is 4.51. The first-order valence-corrected chi connectivity index (χ1v) is 9.10. The Morgan fingerprint density at radius 2 is 1.93 bits per heavy atom. The highest BCUT2D eigenvalue weighted by Crippen LogP contribution is 2.29. The van der Waals surface area contributed by atoms with Gasteiger partial charge in [0.05, 0.1) is 18.2 Å². The minimum Gasteiger partial charge on any atom is -0.507 e. The fourth-order valence-corrected chi connectivity index (χ4v) is 3.17. The molecule has 1 aliphatic rings. The van der Waals surface area contributed by atoms with Crippen molar-refractivity contribution in [3.8, 4) is 5.75 Å². The molecule has 2 atom stereocenters. The predicted molar refractivity (Wildman–Crippen MR) is 103 cm³/mol. The molecule has 0 bridgehead atoms. The summed E-state index contributed by atoms with van der Waals surface area (Å²) in [5.41, 5.74) is 1.67. The van der Waals surface area contributed by atoms with Crippen molar-refractivity contribution >= 4 is 17.5 Å². The van der Waals surface area contributed by atoms with Crippen molar-refractivity contribution in [1.82, 2.24) is 4.90 Å². The number of rotatable bonds is 4. The molecular weight excluding hydrogens is 344 g/mol. The summed E-state index contributed by atoms with van der Waals surface area (Å²) in [6, 6.07) is 14.3. The van der Waals surface area contributed by atoms with E-state index in [9.17, 15) is 14.7 Å². The lowest BCUT2D eigenvalue weighted by atomic mass is 10.0. The van der Waals surface area contributed by atoms with Crippen LogP contribution in [0, 0.1) is 0 Å². The van der Waals surface area contributed by atoms with Gasteiger partial charge in [-0.3, -0.25) is 9.59 Å². The quantitative estimate of drug-likeness (QED) is 0.811. The molecule has 1 saturated heterocycles. The van der Waals surface area contributed by atoms with Gasteiger partial charge in [0.15, 0.2) is 0 Å². The fraction of sp³-hybridized carbons (Fsp3) is 0.333. The van der Waals surface area contributed by atoms with Gasteiger partial charge < -0.3 is 20.1 Å². The lowest BCUT2D eigenvalue weighted by Crippen LogP contribution is -2.46. The average Bonchev–Trinajstić information content (AvgIpc) is 2.69. The maximum Gasteiger partial charge on any atom is 0.257 e. The molecule has 2 N–H and O–H groups in total. The number of morpholine rings is 1. The zero-order valence-electron chi connectivity index (χ0n) is 15.5. The number of carbonyl (C=O) groups is 2. The summed E-state index contributed by atoms with van der Waals surface area (Å²) in [6.07, 6.45) is -0.00814. The molecule has 142 valence electrons. The molecule has 6 heteroatoms. The van der Waals surface area contributed by atoms with E-state index in [0.29, 0.717) is 25.2 Å². The van der Waals surface area contributed by atoms with Gasteiger partial charge in [-0.1, -0.05) is 37.3 Å². The first-order chi connectivity index (χ1) is 13.0. The van der Waals surface area contributed by atoms with Gasteiger partial charge in [-0.05, 0) is 30.7 Å². The molecule has 0 unspecified atom stereocenters. The number of nitrogens with one attached hydrogen (secondary N) is 1. The number of phenolic OH excluding ortho intramolecular Hbond substituents is 1. The highest BCUT2D eigenvalue weighted by atomic mass is 16.5. The monoisotopic (exact) mass is 368 g/mol. The summed E-state index contributed by atoms with van der Waals surface area (Å²) in [5.74, 6) is -0.538. The summed E-state index contributed by atoms with van der Waals surface area (Å²) >= 11 is 0. The topological polar surface area (TPSA) is 78.9 Å². The standard InChI is InChI=1S/C21H24N2O4/c1-3-20(25)22-16-9-10-18(24)17(11-16)21(26)23-12-14(2)27-19(13-23)15-7-5-4-6-8-15/h4-11,14,19,24H,3,12-13H2,1-2H3,(H,22,25)/t14-,19+/m0/s1. The number of aromatic hydroxyl groups is 1. The van der Waals surface area contributed by atoms with Gasteiger partial charge in [0.25, 0.3) is 5.91 Å². The van der Waals surface area contributed by atoms with Crippen molar-refractivity contribution in [3.63, 3.8) is 0 Å². The zero-order valence-corrected chi connectivity index (χ0v) is 15.5. The second-order valence-electron chi connectivity index (χ2n) is 6.69. The van der Waals surface area contributed by atoms with Crippen LogP contribution in [0.2, 0.25) is 0 Å². The average molecular weight is 368 g/mol. The number of phenols is 1. The first kappa shape index (κ1) is 18.9. The van der Waals surface area contributed by atoms with Crippen LogP contribution in [0.25, 0.3) is 0 Å². The van der Waals surface area contributed by atoms with E-state index in [1.54, 1.807) is 17.9 Å². The van der Waals surface area contributed by atoms with E-state index in [-0.39, 0.29) is 35.3 Å². The molecule has 2 amide bonds. The van der Waals surface area contributed by atoms with Crippen molar-refractivity contribution < 1.29 is 19.4 Å². The van der Waals surface area contributed by atoms with E-state index < -0.39 is 0 Å². The highest BCUT2D eigenvalue weighted by Gasteiger charge is 2.31. The van der Waals surface area contributed by atoms with Crippen LogP contribution < -0.4 is 5.32 Å². The molecule has 3 rings (SSSR count).